The maximum Gasteiger partial charge on any atom is 0.115 e. The van der Waals surface area contributed by atoms with Gasteiger partial charge in [0.2, 0.25) is 0 Å². The highest BCUT2D eigenvalue weighted by Gasteiger charge is 2.08. The van der Waals surface area contributed by atoms with Crippen molar-refractivity contribution in [2.24, 2.45) is 0 Å². The summed E-state index contributed by atoms with van der Waals surface area (Å²) in [7, 11) is 0. The van der Waals surface area contributed by atoms with E-state index in [1.165, 1.54) is 0 Å². The van der Waals surface area contributed by atoms with Gasteiger partial charge in [-0.2, -0.15) is 0 Å². The second-order valence-corrected chi connectivity index (χ2v) is 3.46. The van der Waals surface area contributed by atoms with Crippen molar-refractivity contribution < 1.29 is 15.2 Å². The highest BCUT2D eigenvalue weighted by molar-refractivity contribution is 5.27. The summed E-state index contributed by atoms with van der Waals surface area (Å²) in [5.41, 5.74) is 0.979. The molecule has 0 amide bonds. The Morgan fingerprint density at radius 1 is 1.47 bits per heavy atom. The van der Waals surface area contributed by atoms with Crippen LogP contribution in [0.1, 0.15) is 19.4 Å². The molecule has 0 saturated heterocycles. The predicted molar refractivity (Wildman–Crippen MR) is 56.5 cm³/mol. The highest BCUT2D eigenvalue weighted by Crippen LogP contribution is 2.13. The molecule has 1 unspecified atom stereocenters. The minimum absolute atomic E-state index is 0.128. The summed E-state index contributed by atoms with van der Waals surface area (Å²) in [5, 5.41) is 19.2. The number of rotatable bonds is 5. The van der Waals surface area contributed by atoms with Gasteiger partial charge in [0.05, 0.1) is 6.10 Å². The minimum atomic E-state index is -0.128. The summed E-state index contributed by atoms with van der Waals surface area (Å²) in [6, 6.07) is 7.01. The number of phenols is 1. The third-order valence-corrected chi connectivity index (χ3v) is 2.01. The number of aromatic hydroxyl groups is 1. The Labute approximate surface area is 89.6 Å². The van der Waals surface area contributed by atoms with Gasteiger partial charge < -0.3 is 5.11 Å². The molecule has 1 aromatic carbocycles. The Hall–Kier alpha value is -1.10. The largest absolute Gasteiger partial charge is 0.508 e. The molecule has 1 atom stereocenters. The third-order valence-electron chi connectivity index (χ3n) is 2.01. The van der Waals surface area contributed by atoms with E-state index in [0.29, 0.717) is 13.0 Å². The fourth-order valence-corrected chi connectivity index (χ4v) is 1.33. The standard InChI is InChI=1S/C11H17NO3/c1-3-12(14)15-9(2)7-10-5-4-6-11(13)8-10/h4-6,8-9,13-14H,3,7H2,1-2H3. The van der Waals surface area contributed by atoms with Gasteiger partial charge in [-0.3, -0.25) is 10.0 Å². The van der Waals surface area contributed by atoms with Crippen molar-refractivity contribution in [3.05, 3.63) is 29.8 Å². The second-order valence-electron chi connectivity index (χ2n) is 3.46. The Morgan fingerprint density at radius 2 is 2.20 bits per heavy atom. The molecule has 0 radical (unpaired) electrons. The van der Waals surface area contributed by atoms with Crippen LogP contribution < -0.4 is 0 Å². The van der Waals surface area contributed by atoms with Gasteiger partial charge in [-0.25, -0.2) is 0 Å². The topological polar surface area (TPSA) is 52.9 Å². The summed E-state index contributed by atoms with van der Waals surface area (Å²) < 4.78 is 0. The van der Waals surface area contributed by atoms with Crippen LogP contribution in [0.3, 0.4) is 0 Å². The van der Waals surface area contributed by atoms with Gasteiger partial charge in [0, 0.05) is 13.0 Å². The van der Waals surface area contributed by atoms with Gasteiger partial charge in [-0.05, 0) is 31.5 Å². The molecule has 4 nitrogen and oxygen atoms in total. The van der Waals surface area contributed by atoms with E-state index in [1.807, 2.05) is 13.0 Å². The lowest BCUT2D eigenvalue weighted by Crippen LogP contribution is -2.26. The SMILES string of the molecule is CCN(O)OC(C)Cc1cccc(O)c1. The molecule has 15 heavy (non-hydrogen) atoms. The number of phenolic OH excluding ortho intramolecular Hbond substituents is 1. The van der Waals surface area contributed by atoms with Crippen LogP contribution in [0.4, 0.5) is 0 Å². The van der Waals surface area contributed by atoms with Crippen molar-refractivity contribution in [1.82, 2.24) is 5.23 Å². The van der Waals surface area contributed by atoms with Gasteiger partial charge in [0.15, 0.2) is 0 Å². The van der Waals surface area contributed by atoms with E-state index in [9.17, 15) is 5.11 Å². The van der Waals surface area contributed by atoms with Crippen molar-refractivity contribution in [3.8, 4) is 5.75 Å². The van der Waals surface area contributed by atoms with E-state index in [2.05, 4.69) is 0 Å². The molecule has 1 aromatic rings. The van der Waals surface area contributed by atoms with Crippen molar-refractivity contribution in [3.63, 3.8) is 0 Å². The first-order valence-corrected chi connectivity index (χ1v) is 5.03. The van der Waals surface area contributed by atoms with E-state index in [0.717, 1.165) is 10.8 Å². The summed E-state index contributed by atoms with van der Waals surface area (Å²) in [6.07, 6.45) is 0.516. The lowest BCUT2D eigenvalue weighted by Gasteiger charge is -2.18. The van der Waals surface area contributed by atoms with Crippen LogP contribution in [0, 0.1) is 0 Å². The Balaban J connectivity index is 2.47. The van der Waals surface area contributed by atoms with E-state index in [-0.39, 0.29) is 11.9 Å². The van der Waals surface area contributed by atoms with Crippen molar-refractivity contribution in [2.45, 2.75) is 26.4 Å². The quantitative estimate of drug-likeness (QED) is 0.731. The number of hydrogen-bond acceptors (Lipinski definition) is 4. The molecule has 0 bridgehead atoms. The van der Waals surface area contributed by atoms with Crippen LogP contribution in [0.2, 0.25) is 0 Å². The average Bonchev–Trinajstić information content (AvgIpc) is 2.17. The molecule has 0 aliphatic rings. The van der Waals surface area contributed by atoms with Crippen LogP contribution in [0.25, 0.3) is 0 Å². The summed E-state index contributed by atoms with van der Waals surface area (Å²) in [4.78, 5) is 5.15. The zero-order chi connectivity index (χ0) is 11.3. The number of hydroxylamine groups is 2. The second kappa shape index (κ2) is 5.70. The molecule has 0 saturated carbocycles. The fraction of sp³-hybridized carbons (Fsp3) is 0.455. The molecule has 0 spiro atoms. The van der Waals surface area contributed by atoms with Gasteiger partial charge in [0.25, 0.3) is 0 Å². The number of nitrogens with zero attached hydrogens (tertiary/aromatic N) is 1. The first-order chi connectivity index (χ1) is 7.11. The van der Waals surface area contributed by atoms with E-state index in [4.69, 9.17) is 10.0 Å². The molecule has 0 aromatic heterocycles. The highest BCUT2D eigenvalue weighted by atomic mass is 16.9. The Bertz CT molecular complexity index is 304. The first kappa shape index (κ1) is 12.0. The predicted octanol–water partition coefficient (Wildman–Crippen LogP) is 1.97. The summed E-state index contributed by atoms with van der Waals surface area (Å²) in [6.45, 7) is 4.08. The van der Waals surface area contributed by atoms with Crippen molar-refractivity contribution in [2.75, 3.05) is 6.54 Å². The molecule has 0 fully saturated rings. The minimum Gasteiger partial charge on any atom is -0.508 e. The first-order valence-electron chi connectivity index (χ1n) is 5.03. The van der Waals surface area contributed by atoms with Crippen LogP contribution in [0.5, 0.6) is 5.75 Å². The van der Waals surface area contributed by atoms with E-state index in [1.54, 1.807) is 25.1 Å². The maximum atomic E-state index is 9.25. The zero-order valence-electron chi connectivity index (χ0n) is 9.05. The lowest BCUT2D eigenvalue weighted by atomic mass is 10.1. The summed E-state index contributed by atoms with van der Waals surface area (Å²) in [5.74, 6) is 0.246. The average molecular weight is 211 g/mol. The van der Waals surface area contributed by atoms with Crippen LogP contribution in [-0.4, -0.2) is 28.2 Å². The zero-order valence-corrected chi connectivity index (χ0v) is 9.05. The molecule has 0 heterocycles. The molecule has 0 aliphatic carbocycles. The number of hydrogen-bond donors (Lipinski definition) is 2. The van der Waals surface area contributed by atoms with E-state index < -0.39 is 0 Å². The van der Waals surface area contributed by atoms with Gasteiger partial charge in [-0.1, -0.05) is 17.4 Å². The molecular formula is C11H17NO3. The molecular weight excluding hydrogens is 194 g/mol. The molecule has 84 valence electrons. The molecule has 4 heteroatoms. The van der Waals surface area contributed by atoms with Gasteiger partial charge >= 0.3 is 0 Å². The van der Waals surface area contributed by atoms with Crippen LogP contribution >= 0.6 is 0 Å². The maximum absolute atomic E-state index is 9.25. The molecule has 2 N–H and O–H groups in total. The monoisotopic (exact) mass is 211 g/mol. The normalized spacial score (nSPS) is 13.1. The molecule has 0 aliphatic heterocycles. The van der Waals surface area contributed by atoms with Gasteiger partial charge in [-0.15, -0.1) is 0 Å². The van der Waals surface area contributed by atoms with Gasteiger partial charge in [0.1, 0.15) is 5.75 Å². The summed E-state index contributed by atoms with van der Waals surface area (Å²) >= 11 is 0. The van der Waals surface area contributed by atoms with Crippen LogP contribution in [-0.2, 0) is 11.3 Å². The fourth-order valence-electron chi connectivity index (χ4n) is 1.33. The third kappa shape index (κ3) is 4.29. The van der Waals surface area contributed by atoms with Crippen LogP contribution in [0.15, 0.2) is 24.3 Å². The number of benzene rings is 1. The smallest absolute Gasteiger partial charge is 0.115 e. The van der Waals surface area contributed by atoms with E-state index >= 15 is 0 Å². The van der Waals surface area contributed by atoms with Crippen molar-refractivity contribution >= 4 is 0 Å². The molecule has 1 rings (SSSR count). The Kier molecular flexibility index (Phi) is 4.55. The Morgan fingerprint density at radius 3 is 2.80 bits per heavy atom. The van der Waals surface area contributed by atoms with Crippen molar-refractivity contribution in [1.29, 1.82) is 0 Å². The lowest BCUT2D eigenvalue weighted by molar-refractivity contribution is -0.355.